The Hall–Kier alpha value is -5.17. The third-order valence-electron chi connectivity index (χ3n) is 9.46. The fourth-order valence-electron chi connectivity index (χ4n) is 6.98. The summed E-state index contributed by atoms with van der Waals surface area (Å²) < 4.78 is 25.1. The number of oxazole rings is 2. The Kier molecular flexibility index (Phi) is 7.06. The highest BCUT2D eigenvalue weighted by atomic mass is 16.5. The lowest BCUT2D eigenvalue weighted by atomic mass is 9.72. The Balaban J connectivity index is 1.35. The summed E-state index contributed by atoms with van der Waals surface area (Å²) in [6.45, 7) is 8.38. The normalized spacial score (nSPS) is 24.4. The Labute approximate surface area is 276 Å². The van der Waals surface area contributed by atoms with Crippen LogP contribution < -0.4 is 20.7 Å². The van der Waals surface area contributed by atoms with Crippen molar-refractivity contribution >= 4 is 23.4 Å². The Morgan fingerprint density at radius 1 is 1.08 bits per heavy atom. The van der Waals surface area contributed by atoms with E-state index in [0.29, 0.717) is 41.9 Å². The van der Waals surface area contributed by atoms with Crippen LogP contribution in [0.3, 0.4) is 0 Å². The molecule has 8 rings (SSSR count). The summed E-state index contributed by atoms with van der Waals surface area (Å²) in [5, 5.41) is 20.0. The lowest BCUT2D eigenvalue weighted by molar-refractivity contribution is -0.135. The van der Waals surface area contributed by atoms with Crippen molar-refractivity contribution < 1.29 is 33.0 Å². The molecular formula is C35H36N6O7. The van der Waals surface area contributed by atoms with Gasteiger partial charge in [0.2, 0.25) is 29.5 Å². The third kappa shape index (κ3) is 4.59. The van der Waals surface area contributed by atoms with Gasteiger partial charge >= 0.3 is 0 Å². The van der Waals surface area contributed by atoms with Crippen LogP contribution in [0.25, 0.3) is 11.6 Å². The number of aromatic nitrogens is 2. The molecule has 5 atom stereocenters. The Morgan fingerprint density at radius 3 is 2.69 bits per heavy atom. The quantitative estimate of drug-likeness (QED) is 0.242. The van der Waals surface area contributed by atoms with Crippen molar-refractivity contribution in [2.24, 2.45) is 16.8 Å². The lowest BCUT2D eigenvalue weighted by Gasteiger charge is -2.29. The van der Waals surface area contributed by atoms with Crippen LogP contribution in [-0.2, 0) is 26.2 Å². The van der Waals surface area contributed by atoms with Gasteiger partial charge in [-0.05, 0) is 35.1 Å². The summed E-state index contributed by atoms with van der Waals surface area (Å²) in [7, 11) is 0. The molecule has 0 saturated heterocycles. The minimum atomic E-state index is -1.28. The number of aliphatic imine (C=N–C) groups is 1. The standard InChI is InChI=1S/C35H36N6O7/c1-16(2)25-33-41-26(32-38-23(15-46-32)31-36-11-12-45-31)28(48-33)35-19-7-5-6-8-21(19)39-34(35)47-24-10-9-18(13-20(24)35)14-22(29(43)40-25)37-30(44)27(42)17(3)4/h5-10,13,15-17,22,25,27,34,39,42H,11-12,14H2,1-4H3,(H,37,44)(H,40,43)/t22?,25-,27-,34-,35?/m0/s1. The van der Waals surface area contributed by atoms with E-state index in [1.165, 1.54) is 6.26 Å². The number of anilines is 1. The van der Waals surface area contributed by atoms with Crippen LogP contribution >= 0.6 is 0 Å². The first-order valence-electron chi connectivity index (χ1n) is 16.2. The van der Waals surface area contributed by atoms with Crippen LogP contribution in [0.4, 0.5) is 5.69 Å². The van der Waals surface area contributed by atoms with E-state index in [4.69, 9.17) is 28.3 Å². The van der Waals surface area contributed by atoms with E-state index in [1.54, 1.807) is 13.8 Å². The number of aliphatic hydroxyl groups is 1. The molecule has 0 radical (unpaired) electrons. The molecule has 1 spiro atoms. The number of rotatable bonds is 6. The number of hydrogen-bond donors (Lipinski definition) is 4. The fourth-order valence-corrected chi connectivity index (χ4v) is 6.98. The second kappa shape index (κ2) is 11.2. The van der Waals surface area contributed by atoms with Gasteiger partial charge in [-0.25, -0.2) is 15.0 Å². The summed E-state index contributed by atoms with van der Waals surface area (Å²) in [6, 6.07) is 12.0. The molecule has 0 aliphatic carbocycles. The van der Waals surface area contributed by atoms with Gasteiger partial charge in [0.15, 0.2) is 23.4 Å². The average Bonchev–Trinajstić information content (AvgIpc) is 3.89. The first-order chi connectivity index (χ1) is 23.1. The minimum Gasteiger partial charge on any atom is -0.474 e. The van der Waals surface area contributed by atoms with Crippen molar-refractivity contribution in [2.75, 3.05) is 18.5 Å². The number of ether oxygens (including phenoxy) is 2. The molecule has 13 nitrogen and oxygen atoms in total. The maximum Gasteiger partial charge on any atom is 0.249 e. The number of amides is 2. The maximum absolute atomic E-state index is 14.0. The van der Waals surface area contributed by atoms with E-state index in [2.05, 4.69) is 20.9 Å². The van der Waals surface area contributed by atoms with E-state index in [1.807, 2.05) is 56.3 Å². The molecule has 2 unspecified atom stereocenters. The smallest absolute Gasteiger partial charge is 0.249 e. The first kappa shape index (κ1) is 30.2. The fraction of sp³-hybridized carbons (Fsp3) is 0.400. The number of benzene rings is 2. The van der Waals surface area contributed by atoms with Crippen molar-refractivity contribution in [2.45, 2.75) is 63.9 Å². The van der Waals surface area contributed by atoms with Gasteiger partial charge in [0.25, 0.3) is 0 Å². The average molecular weight is 653 g/mol. The number of fused-ring (bicyclic) bond motifs is 4. The number of hydrogen-bond acceptors (Lipinski definition) is 11. The molecule has 4 N–H and O–H groups in total. The Morgan fingerprint density at radius 2 is 1.92 bits per heavy atom. The summed E-state index contributed by atoms with van der Waals surface area (Å²) >= 11 is 0. The zero-order chi connectivity index (χ0) is 33.3. The molecule has 2 aromatic carbocycles. The van der Waals surface area contributed by atoms with Crippen LogP contribution in [0.15, 0.2) is 62.6 Å². The summed E-state index contributed by atoms with van der Waals surface area (Å²) in [5.74, 6) is 0.352. The molecule has 4 bridgehead atoms. The van der Waals surface area contributed by atoms with Crippen molar-refractivity contribution in [1.82, 2.24) is 20.6 Å². The van der Waals surface area contributed by atoms with Gasteiger partial charge in [-0.2, -0.15) is 0 Å². The third-order valence-corrected chi connectivity index (χ3v) is 9.46. The molecule has 4 aliphatic heterocycles. The highest BCUT2D eigenvalue weighted by molar-refractivity contribution is 5.93. The van der Waals surface area contributed by atoms with Gasteiger partial charge in [0, 0.05) is 17.7 Å². The van der Waals surface area contributed by atoms with E-state index in [-0.39, 0.29) is 30.0 Å². The largest absolute Gasteiger partial charge is 0.474 e. The number of para-hydroxylation sites is 1. The van der Waals surface area contributed by atoms with Gasteiger partial charge in [-0.1, -0.05) is 58.0 Å². The molecule has 6 heterocycles. The number of aliphatic hydroxyl groups excluding tert-OH is 1. The van der Waals surface area contributed by atoms with E-state index in [0.717, 1.165) is 22.4 Å². The van der Waals surface area contributed by atoms with E-state index < -0.39 is 41.6 Å². The predicted molar refractivity (Wildman–Crippen MR) is 172 cm³/mol. The Bertz CT molecular complexity index is 1960. The zero-order valence-corrected chi connectivity index (χ0v) is 26.9. The van der Waals surface area contributed by atoms with Crippen LogP contribution in [0, 0.1) is 11.8 Å². The zero-order valence-electron chi connectivity index (χ0n) is 26.9. The van der Waals surface area contributed by atoms with Crippen LogP contribution in [0.5, 0.6) is 5.75 Å². The number of nitrogens with one attached hydrogen (secondary N) is 3. The summed E-state index contributed by atoms with van der Waals surface area (Å²) in [6.07, 6.45) is -0.231. The van der Waals surface area contributed by atoms with Crippen molar-refractivity contribution in [3.8, 4) is 17.3 Å². The SMILES string of the molecule is CC(C)[C@H](O)C(=O)NC1Cc2ccc3c(c2)C2(c4ccccc4N[C@H]2O3)c2oc(nc2-c2nc(C3=NCCO3)co2)[C@H](C(C)C)NC1=O. The van der Waals surface area contributed by atoms with Crippen molar-refractivity contribution in [3.63, 3.8) is 0 Å². The molecule has 4 aliphatic rings. The first-order valence-corrected chi connectivity index (χ1v) is 16.2. The van der Waals surface area contributed by atoms with Gasteiger partial charge in [0.05, 0.1) is 6.54 Å². The molecule has 48 heavy (non-hydrogen) atoms. The van der Waals surface area contributed by atoms with E-state index in [9.17, 15) is 14.7 Å². The number of carbonyl (C=O) groups excluding carboxylic acids is 2. The van der Waals surface area contributed by atoms with Crippen LogP contribution in [-0.4, -0.2) is 64.3 Å². The van der Waals surface area contributed by atoms with E-state index >= 15 is 0 Å². The molecule has 2 aromatic heterocycles. The molecule has 4 aromatic rings. The summed E-state index contributed by atoms with van der Waals surface area (Å²) in [4.78, 5) is 41.2. The van der Waals surface area contributed by atoms with Gasteiger partial charge < -0.3 is 39.4 Å². The monoisotopic (exact) mass is 652 g/mol. The second-order valence-electron chi connectivity index (χ2n) is 13.3. The van der Waals surface area contributed by atoms with Crippen molar-refractivity contribution in [3.05, 3.63) is 82.8 Å². The summed E-state index contributed by atoms with van der Waals surface area (Å²) in [5.41, 5.74) is 3.13. The second-order valence-corrected chi connectivity index (χ2v) is 13.3. The molecule has 2 amide bonds. The number of carbonyl (C=O) groups is 2. The van der Waals surface area contributed by atoms with Gasteiger partial charge in [-0.15, -0.1) is 0 Å². The maximum atomic E-state index is 14.0. The van der Waals surface area contributed by atoms with Crippen LogP contribution in [0.1, 0.15) is 67.8 Å². The van der Waals surface area contributed by atoms with Crippen LogP contribution in [0.2, 0.25) is 0 Å². The molecule has 13 heteroatoms. The highest BCUT2D eigenvalue weighted by Crippen LogP contribution is 2.59. The molecule has 248 valence electrons. The van der Waals surface area contributed by atoms with Crippen molar-refractivity contribution in [1.29, 1.82) is 0 Å². The topological polar surface area (TPSA) is 173 Å². The molecular weight excluding hydrogens is 616 g/mol. The number of nitrogens with zero attached hydrogens (tertiary/aromatic N) is 3. The van der Waals surface area contributed by atoms with Gasteiger partial charge in [0.1, 0.15) is 42.2 Å². The predicted octanol–water partition coefficient (Wildman–Crippen LogP) is 3.46. The minimum absolute atomic E-state index is 0.167. The van der Waals surface area contributed by atoms with Gasteiger partial charge in [-0.3, -0.25) is 9.59 Å². The lowest BCUT2D eigenvalue weighted by Crippen LogP contribution is -2.52. The molecule has 0 fully saturated rings. The molecule has 0 saturated carbocycles. The highest BCUT2D eigenvalue weighted by Gasteiger charge is 2.61.